The van der Waals surface area contributed by atoms with Crippen LogP contribution in [0.2, 0.25) is 0 Å². The molecule has 0 bridgehead atoms. The average molecular weight is 321 g/mol. The molecule has 1 saturated carbocycles. The van der Waals surface area contributed by atoms with Gasteiger partial charge in [-0.3, -0.25) is 9.59 Å². The molecular formula is C17H27N3O3. The molecule has 1 aliphatic heterocycles. The van der Waals surface area contributed by atoms with Crippen molar-refractivity contribution < 1.29 is 14.3 Å². The van der Waals surface area contributed by atoms with E-state index in [1.54, 1.807) is 4.90 Å². The predicted octanol–water partition coefficient (Wildman–Crippen LogP) is 1.46. The quantitative estimate of drug-likeness (QED) is 0.751. The molecule has 1 heterocycles. The van der Waals surface area contributed by atoms with Crippen molar-refractivity contribution in [3.63, 3.8) is 0 Å². The van der Waals surface area contributed by atoms with Gasteiger partial charge in [0.1, 0.15) is 6.54 Å². The van der Waals surface area contributed by atoms with E-state index < -0.39 is 0 Å². The van der Waals surface area contributed by atoms with Gasteiger partial charge in [-0.05, 0) is 12.3 Å². The van der Waals surface area contributed by atoms with Gasteiger partial charge < -0.3 is 15.0 Å². The van der Waals surface area contributed by atoms with E-state index >= 15 is 0 Å². The standard InChI is InChI=1S/C17H27N3O3/c18-6-7-19-17(22)15(12-14-4-2-1-3-5-14)13-16(21)20-8-10-23-11-9-20/h14-15H,1-5,7-13H2,(H,19,22)/t15-/m1/s1. The van der Waals surface area contributed by atoms with Crippen molar-refractivity contribution >= 4 is 11.8 Å². The highest BCUT2D eigenvalue weighted by Gasteiger charge is 2.28. The van der Waals surface area contributed by atoms with E-state index in [1.807, 2.05) is 6.07 Å². The van der Waals surface area contributed by atoms with Gasteiger partial charge in [-0.2, -0.15) is 5.26 Å². The van der Waals surface area contributed by atoms with Gasteiger partial charge in [-0.1, -0.05) is 32.1 Å². The van der Waals surface area contributed by atoms with E-state index in [9.17, 15) is 9.59 Å². The van der Waals surface area contributed by atoms with Gasteiger partial charge in [0.15, 0.2) is 0 Å². The third-order valence-electron chi connectivity index (χ3n) is 4.84. The summed E-state index contributed by atoms with van der Waals surface area (Å²) in [6.07, 6.45) is 7.00. The van der Waals surface area contributed by atoms with E-state index in [2.05, 4.69) is 5.32 Å². The topological polar surface area (TPSA) is 82.4 Å². The molecule has 1 N–H and O–H groups in total. The second-order valence-corrected chi connectivity index (χ2v) is 6.51. The fraction of sp³-hybridized carbons (Fsp3) is 0.824. The van der Waals surface area contributed by atoms with Crippen LogP contribution in [0, 0.1) is 23.2 Å². The summed E-state index contributed by atoms with van der Waals surface area (Å²) in [4.78, 5) is 26.6. The molecule has 2 rings (SSSR count). The second-order valence-electron chi connectivity index (χ2n) is 6.51. The molecule has 1 saturated heterocycles. The summed E-state index contributed by atoms with van der Waals surface area (Å²) in [7, 11) is 0. The fourth-order valence-electron chi connectivity index (χ4n) is 3.53. The number of morpholine rings is 1. The fourth-order valence-corrected chi connectivity index (χ4v) is 3.53. The van der Waals surface area contributed by atoms with Crippen molar-refractivity contribution in [2.75, 3.05) is 32.8 Å². The highest BCUT2D eigenvalue weighted by molar-refractivity contribution is 5.86. The summed E-state index contributed by atoms with van der Waals surface area (Å²) in [6, 6.07) is 1.93. The summed E-state index contributed by atoms with van der Waals surface area (Å²) in [5.74, 6) is 0.0841. The number of nitriles is 1. The molecule has 0 radical (unpaired) electrons. The molecule has 1 atom stereocenters. The van der Waals surface area contributed by atoms with Crippen molar-refractivity contribution in [3.05, 3.63) is 0 Å². The van der Waals surface area contributed by atoms with Crippen LogP contribution in [0.15, 0.2) is 0 Å². The monoisotopic (exact) mass is 321 g/mol. The first-order valence-corrected chi connectivity index (χ1v) is 8.71. The SMILES string of the molecule is N#CCNC(=O)[C@@H](CC(=O)N1CCOCC1)CC1CCCCC1. The Bertz CT molecular complexity index is 435. The van der Waals surface area contributed by atoms with Gasteiger partial charge in [0.25, 0.3) is 0 Å². The van der Waals surface area contributed by atoms with E-state index in [1.165, 1.54) is 19.3 Å². The zero-order valence-corrected chi connectivity index (χ0v) is 13.8. The lowest BCUT2D eigenvalue weighted by Crippen LogP contribution is -2.43. The van der Waals surface area contributed by atoms with Crippen LogP contribution < -0.4 is 5.32 Å². The highest BCUT2D eigenvalue weighted by atomic mass is 16.5. The molecular weight excluding hydrogens is 294 g/mol. The first-order chi connectivity index (χ1) is 11.2. The van der Waals surface area contributed by atoms with Crippen LogP contribution in [0.5, 0.6) is 0 Å². The summed E-state index contributed by atoms with van der Waals surface area (Å²) >= 11 is 0. The van der Waals surface area contributed by atoms with Crippen molar-refractivity contribution in [3.8, 4) is 6.07 Å². The summed E-state index contributed by atoms with van der Waals surface area (Å²) in [5.41, 5.74) is 0. The van der Waals surface area contributed by atoms with Crippen molar-refractivity contribution in [1.82, 2.24) is 10.2 Å². The Hall–Kier alpha value is -1.61. The lowest BCUT2D eigenvalue weighted by Gasteiger charge is -2.30. The van der Waals surface area contributed by atoms with E-state index in [0.717, 1.165) is 19.3 Å². The van der Waals surface area contributed by atoms with Gasteiger partial charge >= 0.3 is 0 Å². The molecule has 2 amide bonds. The van der Waals surface area contributed by atoms with Crippen molar-refractivity contribution in [2.24, 2.45) is 11.8 Å². The minimum absolute atomic E-state index is 0.00570. The molecule has 0 aromatic rings. The first kappa shape index (κ1) is 17.7. The van der Waals surface area contributed by atoms with Gasteiger partial charge in [0, 0.05) is 25.4 Å². The lowest BCUT2D eigenvalue weighted by molar-refractivity contribution is -0.139. The molecule has 2 aliphatic rings. The predicted molar refractivity (Wildman–Crippen MR) is 85.3 cm³/mol. The Kier molecular flexibility index (Phi) is 7.34. The van der Waals surface area contributed by atoms with Crippen LogP contribution in [-0.2, 0) is 14.3 Å². The zero-order valence-electron chi connectivity index (χ0n) is 13.8. The maximum atomic E-state index is 12.5. The van der Waals surface area contributed by atoms with Gasteiger partial charge in [0.2, 0.25) is 11.8 Å². The molecule has 0 unspecified atom stereocenters. The van der Waals surface area contributed by atoms with E-state index in [0.29, 0.717) is 32.2 Å². The van der Waals surface area contributed by atoms with Gasteiger partial charge in [-0.25, -0.2) is 0 Å². The van der Waals surface area contributed by atoms with Gasteiger partial charge in [0.05, 0.1) is 19.3 Å². The largest absolute Gasteiger partial charge is 0.378 e. The molecule has 0 aromatic carbocycles. The normalized spacial score (nSPS) is 20.6. The second kappa shape index (κ2) is 9.51. The minimum atomic E-state index is -0.318. The van der Waals surface area contributed by atoms with E-state index in [-0.39, 0.29) is 30.7 Å². The van der Waals surface area contributed by atoms with Crippen LogP contribution in [0.4, 0.5) is 0 Å². The number of nitrogens with one attached hydrogen (secondary N) is 1. The first-order valence-electron chi connectivity index (χ1n) is 8.71. The van der Waals surface area contributed by atoms with Crippen LogP contribution in [0.25, 0.3) is 0 Å². The number of carbonyl (C=O) groups is 2. The third kappa shape index (κ3) is 5.83. The van der Waals surface area contributed by atoms with Crippen LogP contribution in [-0.4, -0.2) is 49.6 Å². The third-order valence-corrected chi connectivity index (χ3v) is 4.84. The molecule has 128 valence electrons. The molecule has 0 aromatic heterocycles. The Morgan fingerprint density at radius 1 is 1.22 bits per heavy atom. The molecule has 6 nitrogen and oxygen atoms in total. The number of hydrogen-bond acceptors (Lipinski definition) is 4. The van der Waals surface area contributed by atoms with E-state index in [4.69, 9.17) is 10.00 Å². The Labute approximate surface area is 138 Å². The number of nitrogens with zero attached hydrogens (tertiary/aromatic N) is 2. The number of hydrogen-bond donors (Lipinski definition) is 1. The molecule has 1 aliphatic carbocycles. The minimum Gasteiger partial charge on any atom is -0.378 e. The summed E-state index contributed by atoms with van der Waals surface area (Å²) in [5, 5.41) is 11.3. The molecule has 2 fully saturated rings. The summed E-state index contributed by atoms with van der Waals surface area (Å²) < 4.78 is 5.27. The Morgan fingerprint density at radius 3 is 2.57 bits per heavy atom. The summed E-state index contributed by atoms with van der Waals surface area (Å²) in [6.45, 7) is 2.36. The smallest absolute Gasteiger partial charge is 0.224 e. The number of amides is 2. The van der Waals surface area contributed by atoms with Crippen molar-refractivity contribution in [1.29, 1.82) is 5.26 Å². The Morgan fingerprint density at radius 2 is 1.91 bits per heavy atom. The van der Waals surface area contributed by atoms with Crippen LogP contribution in [0.1, 0.15) is 44.9 Å². The Balaban J connectivity index is 1.92. The molecule has 0 spiro atoms. The number of carbonyl (C=O) groups excluding carboxylic acids is 2. The number of rotatable bonds is 6. The highest BCUT2D eigenvalue weighted by Crippen LogP contribution is 2.30. The van der Waals surface area contributed by atoms with Crippen LogP contribution in [0.3, 0.4) is 0 Å². The lowest BCUT2D eigenvalue weighted by atomic mass is 9.81. The molecule has 6 heteroatoms. The molecule has 23 heavy (non-hydrogen) atoms. The average Bonchev–Trinajstić information content (AvgIpc) is 2.60. The number of ether oxygens (including phenoxy) is 1. The zero-order chi connectivity index (χ0) is 16.5. The van der Waals surface area contributed by atoms with Gasteiger partial charge in [-0.15, -0.1) is 0 Å². The van der Waals surface area contributed by atoms with Crippen molar-refractivity contribution in [2.45, 2.75) is 44.9 Å². The maximum Gasteiger partial charge on any atom is 0.224 e. The maximum absolute atomic E-state index is 12.5. The van der Waals surface area contributed by atoms with Crippen LogP contribution >= 0.6 is 0 Å².